The fourth-order valence-electron chi connectivity index (χ4n) is 2.36. The summed E-state index contributed by atoms with van der Waals surface area (Å²) in [6.07, 6.45) is 3.93. The van der Waals surface area contributed by atoms with Crippen molar-refractivity contribution in [3.63, 3.8) is 0 Å². The van der Waals surface area contributed by atoms with Crippen LogP contribution in [-0.2, 0) is 6.42 Å². The predicted molar refractivity (Wildman–Crippen MR) is 84.5 cm³/mol. The Kier molecular flexibility index (Phi) is 4.38. The van der Waals surface area contributed by atoms with E-state index in [9.17, 15) is 0 Å². The largest absolute Gasteiger partial charge is 0.490 e. The predicted octanol–water partition coefficient (Wildman–Crippen LogP) is 4.18. The second-order valence-corrected chi connectivity index (χ2v) is 6.11. The number of thiophene rings is 1. The maximum atomic E-state index is 5.81. The van der Waals surface area contributed by atoms with Crippen molar-refractivity contribution in [1.29, 1.82) is 0 Å². The number of ether oxygens (including phenoxy) is 1. The molecule has 0 radical (unpaired) electrons. The number of benzene rings is 1. The fourth-order valence-corrected chi connectivity index (χ4v) is 3.04. The molecule has 1 unspecified atom stereocenters. The van der Waals surface area contributed by atoms with E-state index < -0.39 is 0 Å². The van der Waals surface area contributed by atoms with E-state index in [0.717, 1.165) is 18.7 Å². The molecule has 0 amide bonds. The summed E-state index contributed by atoms with van der Waals surface area (Å²) < 4.78 is 5.81. The molecule has 1 aliphatic carbocycles. The molecule has 3 heteroatoms. The molecular formula is C17H21NOS. The van der Waals surface area contributed by atoms with Gasteiger partial charge in [-0.05, 0) is 65.9 Å². The van der Waals surface area contributed by atoms with Crippen molar-refractivity contribution < 1.29 is 4.74 Å². The van der Waals surface area contributed by atoms with Crippen LogP contribution in [0.15, 0.2) is 41.1 Å². The van der Waals surface area contributed by atoms with E-state index in [-0.39, 0.29) is 0 Å². The molecular weight excluding hydrogens is 266 g/mol. The normalized spacial score (nSPS) is 16.1. The quantitative estimate of drug-likeness (QED) is 0.824. The molecule has 0 spiro atoms. The van der Waals surface area contributed by atoms with Crippen LogP contribution in [0, 0.1) is 0 Å². The van der Waals surface area contributed by atoms with Gasteiger partial charge < -0.3 is 10.1 Å². The van der Waals surface area contributed by atoms with Crippen LogP contribution in [0.2, 0.25) is 0 Å². The maximum absolute atomic E-state index is 5.81. The fraction of sp³-hybridized carbons (Fsp3) is 0.412. The Balaban J connectivity index is 1.69. The molecule has 0 bridgehead atoms. The van der Waals surface area contributed by atoms with Crippen molar-refractivity contribution in [2.24, 2.45) is 0 Å². The van der Waals surface area contributed by atoms with Gasteiger partial charge in [0.15, 0.2) is 0 Å². The van der Waals surface area contributed by atoms with Crippen LogP contribution in [0.1, 0.15) is 36.9 Å². The minimum absolute atomic E-state index is 0.379. The summed E-state index contributed by atoms with van der Waals surface area (Å²) in [4.78, 5) is 0. The van der Waals surface area contributed by atoms with Gasteiger partial charge in [-0.1, -0.05) is 19.1 Å². The highest BCUT2D eigenvalue weighted by atomic mass is 32.1. The lowest BCUT2D eigenvalue weighted by Crippen LogP contribution is -2.22. The lowest BCUT2D eigenvalue weighted by atomic mass is 10.0. The average Bonchev–Trinajstić information content (AvgIpc) is 3.13. The van der Waals surface area contributed by atoms with Gasteiger partial charge in [0.05, 0.1) is 6.10 Å². The van der Waals surface area contributed by atoms with Crippen molar-refractivity contribution >= 4 is 11.3 Å². The lowest BCUT2D eigenvalue weighted by molar-refractivity contribution is 0.303. The first-order valence-electron chi connectivity index (χ1n) is 7.36. The third-order valence-electron chi connectivity index (χ3n) is 3.58. The topological polar surface area (TPSA) is 21.3 Å². The first-order chi connectivity index (χ1) is 9.85. The van der Waals surface area contributed by atoms with E-state index in [1.165, 1.54) is 24.0 Å². The van der Waals surface area contributed by atoms with Crippen molar-refractivity contribution in [1.82, 2.24) is 5.32 Å². The minimum Gasteiger partial charge on any atom is -0.490 e. The molecule has 1 atom stereocenters. The lowest BCUT2D eigenvalue weighted by Gasteiger charge is -2.18. The number of nitrogens with one attached hydrogen (secondary N) is 1. The zero-order valence-electron chi connectivity index (χ0n) is 11.8. The molecule has 1 fully saturated rings. The van der Waals surface area contributed by atoms with Crippen molar-refractivity contribution in [2.45, 2.75) is 38.3 Å². The monoisotopic (exact) mass is 287 g/mol. The highest BCUT2D eigenvalue weighted by Crippen LogP contribution is 2.28. The molecule has 0 aliphatic heterocycles. The van der Waals surface area contributed by atoms with Crippen LogP contribution in [0.25, 0.3) is 0 Å². The summed E-state index contributed by atoms with van der Waals surface area (Å²) in [5, 5.41) is 7.95. The summed E-state index contributed by atoms with van der Waals surface area (Å²) in [5.41, 5.74) is 2.74. The van der Waals surface area contributed by atoms with Gasteiger partial charge in [0.2, 0.25) is 0 Å². The molecule has 1 heterocycles. The highest BCUT2D eigenvalue weighted by Gasteiger charge is 2.23. The van der Waals surface area contributed by atoms with Gasteiger partial charge in [-0.15, -0.1) is 0 Å². The Hall–Kier alpha value is -1.32. The first-order valence-corrected chi connectivity index (χ1v) is 8.30. The SMILES string of the molecule is CCNC(Cc1ccsc1)c1ccc(OC2CC2)cc1. The number of rotatable bonds is 7. The summed E-state index contributed by atoms with van der Waals surface area (Å²) in [6.45, 7) is 3.14. The van der Waals surface area contributed by atoms with Gasteiger partial charge in [0.1, 0.15) is 5.75 Å². The van der Waals surface area contributed by atoms with Gasteiger partial charge in [-0.2, -0.15) is 11.3 Å². The van der Waals surface area contributed by atoms with Crippen LogP contribution in [0.3, 0.4) is 0 Å². The molecule has 1 aromatic heterocycles. The Labute approximate surface area is 124 Å². The first kappa shape index (κ1) is 13.7. The summed E-state index contributed by atoms with van der Waals surface area (Å²) in [5.74, 6) is 1.00. The van der Waals surface area contributed by atoms with Crippen molar-refractivity contribution in [3.05, 3.63) is 52.2 Å². The number of hydrogen-bond acceptors (Lipinski definition) is 3. The van der Waals surface area contributed by atoms with Gasteiger partial charge in [0, 0.05) is 6.04 Å². The molecule has 0 saturated heterocycles. The van der Waals surface area contributed by atoms with E-state index in [4.69, 9.17) is 4.74 Å². The van der Waals surface area contributed by atoms with E-state index >= 15 is 0 Å². The van der Waals surface area contributed by atoms with Gasteiger partial charge >= 0.3 is 0 Å². The third-order valence-corrected chi connectivity index (χ3v) is 4.31. The molecule has 1 saturated carbocycles. The molecule has 20 heavy (non-hydrogen) atoms. The molecule has 2 aromatic rings. The second-order valence-electron chi connectivity index (χ2n) is 5.33. The third kappa shape index (κ3) is 3.62. The van der Waals surface area contributed by atoms with Gasteiger partial charge in [0.25, 0.3) is 0 Å². The molecule has 1 N–H and O–H groups in total. The van der Waals surface area contributed by atoms with E-state index in [1.54, 1.807) is 11.3 Å². The summed E-state index contributed by atoms with van der Waals surface area (Å²) >= 11 is 1.76. The zero-order valence-corrected chi connectivity index (χ0v) is 12.7. The van der Waals surface area contributed by atoms with Crippen LogP contribution in [-0.4, -0.2) is 12.6 Å². The van der Waals surface area contributed by atoms with Crippen LogP contribution >= 0.6 is 11.3 Å². The van der Waals surface area contributed by atoms with Crippen molar-refractivity contribution in [2.75, 3.05) is 6.54 Å². The molecule has 1 aliphatic rings. The standard InChI is InChI=1S/C17H21NOS/c1-2-18-17(11-13-9-10-20-12-13)14-3-5-15(6-4-14)19-16-7-8-16/h3-6,9-10,12,16-18H,2,7-8,11H2,1H3. The number of likely N-dealkylation sites (N-methyl/N-ethyl adjacent to an activating group) is 1. The Morgan fingerprint density at radius 2 is 2.05 bits per heavy atom. The second kappa shape index (κ2) is 6.42. The van der Waals surface area contributed by atoms with E-state index in [2.05, 4.69) is 53.3 Å². The van der Waals surface area contributed by atoms with Crippen molar-refractivity contribution in [3.8, 4) is 5.75 Å². The van der Waals surface area contributed by atoms with Crippen LogP contribution in [0.4, 0.5) is 0 Å². The summed E-state index contributed by atoms with van der Waals surface area (Å²) in [7, 11) is 0. The smallest absolute Gasteiger partial charge is 0.119 e. The van der Waals surface area contributed by atoms with Gasteiger partial charge in [-0.25, -0.2) is 0 Å². The maximum Gasteiger partial charge on any atom is 0.119 e. The van der Waals surface area contributed by atoms with Crippen LogP contribution in [0.5, 0.6) is 5.75 Å². The molecule has 3 rings (SSSR count). The van der Waals surface area contributed by atoms with E-state index in [1.807, 2.05) is 0 Å². The van der Waals surface area contributed by atoms with Gasteiger partial charge in [-0.3, -0.25) is 0 Å². The Bertz CT molecular complexity index is 516. The Morgan fingerprint density at radius 1 is 1.25 bits per heavy atom. The molecule has 2 nitrogen and oxygen atoms in total. The van der Waals surface area contributed by atoms with E-state index in [0.29, 0.717) is 12.1 Å². The Morgan fingerprint density at radius 3 is 2.65 bits per heavy atom. The highest BCUT2D eigenvalue weighted by molar-refractivity contribution is 7.07. The zero-order chi connectivity index (χ0) is 13.8. The average molecular weight is 287 g/mol. The summed E-state index contributed by atoms with van der Waals surface area (Å²) in [6, 6.07) is 11.2. The number of hydrogen-bond donors (Lipinski definition) is 1. The molecule has 106 valence electrons. The minimum atomic E-state index is 0.379. The molecule has 1 aromatic carbocycles. The van der Waals surface area contributed by atoms with Crippen LogP contribution < -0.4 is 10.1 Å².